The van der Waals surface area contributed by atoms with Gasteiger partial charge >= 0.3 is 0 Å². The summed E-state index contributed by atoms with van der Waals surface area (Å²) in [5.74, 6) is 0.273. The van der Waals surface area contributed by atoms with E-state index >= 15 is 0 Å². The lowest BCUT2D eigenvalue weighted by atomic mass is 9.78. The maximum Gasteiger partial charge on any atom is 0.0866 e. The molecule has 2 aromatic rings. The molecular formula is C15H16OS. The summed E-state index contributed by atoms with van der Waals surface area (Å²) in [5, 5.41) is 14.6. The van der Waals surface area contributed by atoms with Gasteiger partial charge in [0.05, 0.1) is 6.10 Å². The number of aliphatic hydroxyl groups is 1. The minimum Gasteiger partial charge on any atom is -0.388 e. The highest BCUT2D eigenvalue weighted by molar-refractivity contribution is 7.07. The third-order valence-electron chi connectivity index (χ3n) is 3.68. The van der Waals surface area contributed by atoms with E-state index in [9.17, 15) is 5.11 Å². The van der Waals surface area contributed by atoms with E-state index in [4.69, 9.17) is 0 Å². The summed E-state index contributed by atoms with van der Waals surface area (Å²) in [6.45, 7) is 0. The van der Waals surface area contributed by atoms with E-state index in [0.29, 0.717) is 0 Å². The Morgan fingerprint density at radius 2 is 2.12 bits per heavy atom. The van der Waals surface area contributed by atoms with Gasteiger partial charge in [0.15, 0.2) is 0 Å². The SMILES string of the molecule is OC(c1ccsc1)C1CCCc2ccccc21. The molecule has 2 unspecified atom stereocenters. The number of thiophene rings is 1. The van der Waals surface area contributed by atoms with Gasteiger partial charge < -0.3 is 5.11 Å². The molecule has 1 aliphatic carbocycles. The fourth-order valence-electron chi connectivity index (χ4n) is 2.80. The van der Waals surface area contributed by atoms with Crippen LogP contribution in [0.25, 0.3) is 0 Å². The maximum absolute atomic E-state index is 10.5. The summed E-state index contributed by atoms with van der Waals surface area (Å²) >= 11 is 1.65. The van der Waals surface area contributed by atoms with Crippen LogP contribution in [0.15, 0.2) is 41.1 Å². The molecule has 2 heteroatoms. The van der Waals surface area contributed by atoms with Crippen molar-refractivity contribution in [3.05, 3.63) is 57.8 Å². The molecule has 88 valence electrons. The second-order valence-electron chi connectivity index (χ2n) is 4.70. The first-order valence-electron chi connectivity index (χ1n) is 6.14. The topological polar surface area (TPSA) is 20.2 Å². The molecule has 2 atom stereocenters. The van der Waals surface area contributed by atoms with Crippen LogP contribution in [0, 0.1) is 0 Å². The molecule has 0 saturated heterocycles. The lowest BCUT2D eigenvalue weighted by molar-refractivity contribution is 0.136. The molecule has 1 nitrogen and oxygen atoms in total. The Labute approximate surface area is 106 Å². The van der Waals surface area contributed by atoms with Gasteiger partial charge in [-0.15, -0.1) is 0 Å². The molecule has 3 rings (SSSR count). The van der Waals surface area contributed by atoms with E-state index in [1.165, 1.54) is 17.5 Å². The average molecular weight is 244 g/mol. The van der Waals surface area contributed by atoms with Crippen molar-refractivity contribution in [1.82, 2.24) is 0 Å². The second-order valence-corrected chi connectivity index (χ2v) is 5.48. The van der Waals surface area contributed by atoms with Crippen LogP contribution in [0.2, 0.25) is 0 Å². The van der Waals surface area contributed by atoms with Crippen molar-refractivity contribution in [2.45, 2.75) is 31.3 Å². The van der Waals surface area contributed by atoms with Crippen molar-refractivity contribution in [3.63, 3.8) is 0 Å². The van der Waals surface area contributed by atoms with Gasteiger partial charge in [-0.3, -0.25) is 0 Å². The molecule has 1 heterocycles. The first kappa shape index (κ1) is 11.0. The van der Waals surface area contributed by atoms with Crippen molar-refractivity contribution in [2.75, 3.05) is 0 Å². The molecule has 0 spiro atoms. The van der Waals surface area contributed by atoms with Crippen LogP contribution in [0.5, 0.6) is 0 Å². The van der Waals surface area contributed by atoms with Crippen molar-refractivity contribution in [1.29, 1.82) is 0 Å². The zero-order chi connectivity index (χ0) is 11.7. The summed E-state index contributed by atoms with van der Waals surface area (Å²) in [4.78, 5) is 0. The highest BCUT2D eigenvalue weighted by Gasteiger charge is 2.27. The molecular weight excluding hydrogens is 228 g/mol. The first-order valence-corrected chi connectivity index (χ1v) is 7.08. The van der Waals surface area contributed by atoms with Crippen LogP contribution in [-0.4, -0.2) is 5.11 Å². The van der Waals surface area contributed by atoms with E-state index in [1.807, 2.05) is 11.4 Å². The Morgan fingerprint density at radius 3 is 2.94 bits per heavy atom. The minimum absolute atomic E-state index is 0.273. The van der Waals surface area contributed by atoms with Gasteiger partial charge in [-0.25, -0.2) is 0 Å². The van der Waals surface area contributed by atoms with Gasteiger partial charge in [0.2, 0.25) is 0 Å². The standard InChI is InChI=1S/C15H16OS/c16-15(12-8-9-17-10-12)14-7-3-5-11-4-1-2-6-13(11)14/h1-2,4,6,8-10,14-16H,3,5,7H2. The van der Waals surface area contributed by atoms with Crippen LogP contribution in [0.3, 0.4) is 0 Å². The van der Waals surface area contributed by atoms with Gasteiger partial charge in [0, 0.05) is 5.92 Å². The molecule has 0 radical (unpaired) electrons. The summed E-state index contributed by atoms with van der Waals surface area (Å²) in [7, 11) is 0. The van der Waals surface area contributed by atoms with Crippen molar-refractivity contribution >= 4 is 11.3 Å². The Hall–Kier alpha value is -1.12. The number of aryl methyl sites for hydroxylation is 1. The smallest absolute Gasteiger partial charge is 0.0866 e. The third kappa shape index (κ3) is 2.03. The largest absolute Gasteiger partial charge is 0.388 e. The van der Waals surface area contributed by atoms with Crippen LogP contribution in [0.4, 0.5) is 0 Å². The van der Waals surface area contributed by atoms with Gasteiger partial charge in [-0.1, -0.05) is 24.3 Å². The number of hydrogen-bond donors (Lipinski definition) is 1. The van der Waals surface area contributed by atoms with Crippen LogP contribution >= 0.6 is 11.3 Å². The average Bonchev–Trinajstić information content (AvgIpc) is 2.91. The first-order chi connectivity index (χ1) is 8.36. The van der Waals surface area contributed by atoms with Gasteiger partial charge in [0.1, 0.15) is 0 Å². The Balaban J connectivity index is 1.95. The summed E-state index contributed by atoms with van der Waals surface area (Å²) in [6, 6.07) is 10.6. The van der Waals surface area contributed by atoms with Crippen molar-refractivity contribution in [3.8, 4) is 0 Å². The number of aliphatic hydroxyl groups excluding tert-OH is 1. The van der Waals surface area contributed by atoms with E-state index in [2.05, 4.69) is 29.6 Å². The van der Waals surface area contributed by atoms with E-state index in [-0.39, 0.29) is 12.0 Å². The summed E-state index contributed by atoms with van der Waals surface area (Å²) in [5.41, 5.74) is 3.83. The Morgan fingerprint density at radius 1 is 1.24 bits per heavy atom. The molecule has 0 saturated carbocycles. The number of hydrogen-bond acceptors (Lipinski definition) is 2. The van der Waals surface area contributed by atoms with Gasteiger partial charge in [0.25, 0.3) is 0 Å². The van der Waals surface area contributed by atoms with Crippen molar-refractivity contribution in [2.24, 2.45) is 0 Å². The molecule has 17 heavy (non-hydrogen) atoms. The van der Waals surface area contributed by atoms with E-state index < -0.39 is 0 Å². The Kier molecular flexibility index (Phi) is 3.00. The zero-order valence-electron chi connectivity index (χ0n) is 9.67. The summed E-state index contributed by atoms with van der Waals surface area (Å²) in [6.07, 6.45) is 3.09. The molecule has 0 fully saturated rings. The van der Waals surface area contributed by atoms with Gasteiger partial charge in [-0.05, 0) is 52.8 Å². The van der Waals surface area contributed by atoms with Crippen LogP contribution in [-0.2, 0) is 6.42 Å². The third-order valence-corrected chi connectivity index (χ3v) is 4.38. The number of fused-ring (bicyclic) bond motifs is 1. The molecule has 0 aliphatic heterocycles. The number of rotatable bonds is 2. The lowest BCUT2D eigenvalue weighted by Gasteiger charge is -2.29. The Bertz CT molecular complexity index is 489. The zero-order valence-corrected chi connectivity index (χ0v) is 10.5. The van der Waals surface area contributed by atoms with E-state index in [0.717, 1.165) is 18.4 Å². The molecule has 0 amide bonds. The quantitative estimate of drug-likeness (QED) is 0.849. The predicted molar refractivity (Wildman–Crippen MR) is 71.4 cm³/mol. The fourth-order valence-corrected chi connectivity index (χ4v) is 3.48. The maximum atomic E-state index is 10.5. The monoisotopic (exact) mass is 244 g/mol. The van der Waals surface area contributed by atoms with Crippen molar-refractivity contribution < 1.29 is 5.11 Å². The minimum atomic E-state index is -0.345. The number of benzene rings is 1. The predicted octanol–water partition coefficient (Wildman–Crippen LogP) is 3.90. The summed E-state index contributed by atoms with van der Waals surface area (Å²) < 4.78 is 0. The normalized spacial score (nSPS) is 20.9. The second kappa shape index (κ2) is 4.63. The highest BCUT2D eigenvalue weighted by atomic mass is 32.1. The van der Waals surface area contributed by atoms with Gasteiger partial charge in [-0.2, -0.15) is 11.3 Å². The molecule has 0 bridgehead atoms. The highest BCUT2D eigenvalue weighted by Crippen LogP contribution is 2.40. The van der Waals surface area contributed by atoms with Crippen LogP contribution < -0.4 is 0 Å². The van der Waals surface area contributed by atoms with E-state index in [1.54, 1.807) is 11.3 Å². The van der Waals surface area contributed by atoms with Crippen LogP contribution in [0.1, 0.15) is 41.6 Å². The molecule has 1 aliphatic rings. The fraction of sp³-hybridized carbons (Fsp3) is 0.333. The molecule has 1 aromatic heterocycles. The lowest BCUT2D eigenvalue weighted by Crippen LogP contribution is -2.16. The molecule has 1 aromatic carbocycles. The molecule has 1 N–H and O–H groups in total.